The largest absolute Gasteiger partial charge is 0.387 e. The third-order valence-electron chi connectivity index (χ3n) is 3.94. The molecule has 1 fully saturated rings. The van der Waals surface area contributed by atoms with Gasteiger partial charge in [0.1, 0.15) is 11.8 Å². The lowest BCUT2D eigenvalue weighted by molar-refractivity contribution is -0.123. The molecule has 0 bridgehead atoms. The number of H-pyrrole nitrogens is 1. The smallest absolute Gasteiger partial charge is 0.324 e. The molecule has 1 saturated heterocycles. The van der Waals surface area contributed by atoms with Crippen molar-refractivity contribution in [2.24, 2.45) is 11.7 Å². The van der Waals surface area contributed by atoms with Crippen LogP contribution in [-0.2, 0) is 11.2 Å². The maximum absolute atomic E-state index is 11.9. The van der Waals surface area contributed by atoms with E-state index < -0.39 is 17.9 Å². The molecule has 114 valence electrons. The lowest BCUT2D eigenvalue weighted by Crippen LogP contribution is -2.57. The Morgan fingerprint density at radius 2 is 2.14 bits per heavy atom. The van der Waals surface area contributed by atoms with Crippen LogP contribution in [-0.4, -0.2) is 40.7 Å². The minimum absolute atomic E-state index is 0.155. The summed E-state index contributed by atoms with van der Waals surface area (Å²) in [6, 6.07) is 7.53. The van der Waals surface area contributed by atoms with Gasteiger partial charge in [0.2, 0.25) is 5.91 Å². The lowest BCUT2D eigenvalue weighted by Gasteiger charge is -2.31. The molecular weight excluding hydrogens is 282 g/mol. The highest BCUT2D eigenvalue weighted by Crippen LogP contribution is 2.19. The van der Waals surface area contributed by atoms with E-state index >= 15 is 0 Å². The molecule has 3 amide bonds. The average Bonchev–Trinajstić information content (AvgIpc) is 2.89. The number of para-hydroxylation sites is 1. The maximum Gasteiger partial charge on any atom is 0.324 e. The van der Waals surface area contributed by atoms with E-state index in [1.54, 1.807) is 0 Å². The number of hydrogen-bond donors (Lipinski definition) is 4. The first-order valence-corrected chi connectivity index (χ1v) is 7.05. The summed E-state index contributed by atoms with van der Waals surface area (Å²) in [7, 11) is 0. The summed E-state index contributed by atoms with van der Waals surface area (Å²) in [4.78, 5) is 28.2. The molecule has 2 heterocycles. The molecule has 0 radical (unpaired) electrons. The highest BCUT2D eigenvalue weighted by atomic mass is 16.2. The molecular formula is C15H17N5O2. The van der Waals surface area contributed by atoms with Gasteiger partial charge in [0.25, 0.3) is 0 Å². The number of nitrogens with one attached hydrogen (secondary N) is 3. The highest BCUT2D eigenvalue weighted by molar-refractivity contribution is 6.08. The maximum atomic E-state index is 11.9. The van der Waals surface area contributed by atoms with Crippen LogP contribution in [0.2, 0.25) is 0 Å². The minimum Gasteiger partial charge on any atom is -0.387 e. The first kappa shape index (κ1) is 14.1. The minimum atomic E-state index is -0.763. The third kappa shape index (κ3) is 2.52. The van der Waals surface area contributed by atoms with Crippen molar-refractivity contribution in [2.75, 3.05) is 13.1 Å². The number of imide groups is 1. The average molecular weight is 299 g/mol. The summed E-state index contributed by atoms with van der Waals surface area (Å²) in [5, 5.41) is 10.8. The van der Waals surface area contributed by atoms with Crippen LogP contribution in [0.5, 0.6) is 0 Å². The molecule has 1 aliphatic rings. The van der Waals surface area contributed by atoms with E-state index in [-0.39, 0.29) is 12.4 Å². The number of amidine groups is 1. The van der Waals surface area contributed by atoms with E-state index in [9.17, 15) is 9.59 Å². The van der Waals surface area contributed by atoms with E-state index in [1.165, 1.54) is 4.90 Å². The molecule has 0 aliphatic carbocycles. The highest BCUT2D eigenvalue weighted by Gasteiger charge is 2.33. The Morgan fingerprint density at radius 3 is 2.91 bits per heavy atom. The standard InChI is InChI=1S/C15H17N5O2/c16-13(17)11-8-20(15(22)19-14(11)21)6-5-9-7-18-12-4-2-1-3-10(9)12/h1-4,7,11,18H,5-6,8H2,(H3,16,17)(H,19,21,22)/t11-/m0/s1. The summed E-state index contributed by atoms with van der Waals surface area (Å²) in [5.41, 5.74) is 7.57. The molecule has 2 aromatic rings. The van der Waals surface area contributed by atoms with Crippen molar-refractivity contribution in [1.82, 2.24) is 15.2 Å². The molecule has 22 heavy (non-hydrogen) atoms. The zero-order valence-corrected chi connectivity index (χ0v) is 11.9. The van der Waals surface area contributed by atoms with E-state index in [0.717, 1.165) is 16.5 Å². The summed E-state index contributed by atoms with van der Waals surface area (Å²) in [6.07, 6.45) is 2.59. The molecule has 3 rings (SSSR count). The topological polar surface area (TPSA) is 115 Å². The van der Waals surface area contributed by atoms with Crippen molar-refractivity contribution in [3.63, 3.8) is 0 Å². The van der Waals surface area contributed by atoms with Gasteiger partial charge in [-0.15, -0.1) is 0 Å². The van der Waals surface area contributed by atoms with Crippen molar-refractivity contribution < 1.29 is 9.59 Å². The first-order chi connectivity index (χ1) is 10.6. The second-order valence-corrected chi connectivity index (χ2v) is 5.36. The second kappa shape index (κ2) is 5.51. The zero-order chi connectivity index (χ0) is 15.7. The molecule has 1 aliphatic heterocycles. The Hall–Kier alpha value is -2.83. The number of amides is 3. The quantitative estimate of drug-likeness (QED) is 0.494. The van der Waals surface area contributed by atoms with Gasteiger partial charge in [-0.1, -0.05) is 18.2 Å². The van der Waals surface area contributed by atoms with Gasteiger partial charge in [-0.25, -0.2) is 4.79 Å². The molecule has 7 nitrogen and oxygen atoms in total. The van der Waals surface area contributed by atoms with Gasteiger partial charge in [0.15, 0.2) is 0 Å². The summed E-state index contributed by atoms with van der Waals surface area (Å²) < 4.78 is 0. The van der Waals surface area contributed by atoms with Gasteiger partial charge in [0, 0.05) is 30.2 Å². The van der Waals surface area contributed by atoms with Gasteiger partial charge in [-0.3, -0.25) is 15.5 Å². The van der Waals surface area contributed by atoms with Crippen molar-refractivity contribution >= 4 is 28.7 Å². The van der Waals surface area contributed by atoms with Crippen LogP contribution in [0.1, 0.15) is 5.56 Å². The Balaban J connectivity index is 1.71. The Morgan fingerprint density at radius 1 is 1.36 bits per heavy atom. The number of carbonyl (C=O) groups excluding carboxylic acids is 2. The number of hydrogen-bond acceptors (Lipinski definition) is 3. The molecule has 1 atom stereocenters. The number of benzene rings is 1. The monoisotopic (exact) mass is 299 g/mol. The Bertz CT molecular complexity index is 751. The van der Waals surface area contributed by atoms with Gasteiger partial charge in [0.05, 0.1) is 0 Å². The number of aromatic amines is 1. The van der Waals surface area contributed by atoms with Crippen LogP contribution < -0.4 is 11.1 Å². The Labute approximate surface area is 127 Å². The van der Waals surface area contributed by atoms with Crippen LogP contribution in [0.3, 0.4) is 0 Å². The number of nitrogens with zero attached hydrogens (tertiary/aromatic N) is 1. The fourth-order valence-corrected chi connectivity index (χ4v) is 2.68. The number of carbonyl (C=O) groups is 2. The van der Waals surface area contributed by atoms with E-state index in [1.807, 2.05) is 30.5 Å². The number of urea groups is 1. The summed E-state index contributed by atoms with van der Waals surface area (Å²) in [5.74, 6) is -1.48. The number of fused-ring (bicyclic) bond motifs is 1. The van der Waals surface area contributed by atoms with E-state index in [4.69, 9.17) is 11.1 Å². The van der Waals surface area contributed by atoms with Gasteiger partial charge < -0.3 is 15.6 Å². The predicted molar refractivity (Wildman–Crippen MR) is 82.5 cm³/mol. The van der Waals surface area contributed by atoms with E-state index in [2.05, 4.69) is 10.3 Å². The van der Waals surface area contributed by atoms with Crippen LogP contribution in [0.4, 0.5) is 4.79 Å². The summed E-state index contributed by atoms with van der Waals surface area (Å²) in [6.45, 7) is 0.618. The Kier molecular flexibility index (Phi) is 3.54. The molecule has 1 aromatic carbocycles. The molecule has 1 aromatic heterocycles. The zero-order valence-electron chi connectivity index (χ0n) is 11.9. The van der Waals surface area contributed by atoms with Crippen LogP contribution in [0.25, 0.3) is 10.9 Å². The first-order valence-electron chi connectivity index (χ1n) is 7.05. The second-order valence-electron chi connectivity index (χ2n) is 5.36. The third-order valence-corrected chi connectivity index (χ3v) is 3.94. The van der Waals surface area contributed by atoms with Crippen molar-refractivity contribution in [3.05, 3.63) is 36.0 Å². The SMILES string of the molecule is N=C(N)[C@@H]1CN(CCc2c[nH]c3ccccc23)C(=O)NC1=O. The number of aromatic nitrogens is 1. The van der Waals surface area contributed by atoms with Crippen LogP contribution >= 0.6 is 0 Å². The van der Waals surface area contributed by atoms with E-state index in [0.29, 0.717) is 13.0 Å². The molecule has 0 saturated carbocycles. The fraction of sp³-hybridized carbons (Fsp3) is 0.267. The number of rotatable bonds is 4. The summed E-state index contributed by atoms with van der Waals surface area (Å²) >= 11 is 0. The molecule has 5 N–H and O–H groups in total. The van der Waals surface area contributed by atoms with Crippen molar-refractivity contribution in [1.29, 1.82) is 5.41 Å². The normalized spacial score (nSPS) is 18.5. The molecule has 0 spiro atoms. The number of nitrogens with two attached hydrogens (primary N) is 1. The lowest BCUT2D eigenvalue weighted by atomic mass is 10.0. The van der Waals surface area contributed by atoms with Gasteiger partial charge in [-0.05, 0) is 18.1 Å². The van der Waals surface area contributed by atoms with Gasteiger partial charge in [-0.2, -0.15) is 0 Å². The van der Waals surface area contributed by atoms with Crippen LogP contribution in [0.15, 0.2) is 30.5 Å². The van der Waals surface area contributed by atoms with Crippen molar-refractivity contribution in [3.8, 4) is 0 Å². The van der Waals surface area contributed by atoms with Gasteiger partial charge >= 0.3 is 6.03 Å². The molecule has 0 unspecified atom stereocenters. The molecule has 7 heteroatoms. The fourth-order valence-electron chi connectivity index (χ4n) is 2.68. The predicted octanol–water partition coefficient (Wildman–Crippen LogP) is 0.814. The van der Waals surface area contributed by atoms with Crippen LogP contribution in [0, 0.1) is 11.3 Å². The van der Waals surface area contributed by atoms with Crippen molar-refractivity contribution in [2.45, 2.75) is 6.42 Å².